The lowest BCUT2D eigenvalue weighted by molar-refractivity contribution is -0.141. The molecule has 2 N–H and O–H groups in total. The molecule has 0 unspecified atom stereocenters. The third-order valence-corrected chi connectivity index (χ3v) is 5.07. The summed E-state index contributed by atoms with van der Waals surface area (Å²) in [4.78, 5) is 7.65. The molecular formula is C19H19Cl2F3N4O. The first kappa shape index (κ1) is 21.7. The first-order valence-corrected chi connectivity index (χ1v) is 9.67. The van der Waals surface area contributed by atoms with Gasteiger partial charge >= 0.3 is 6.18 Å². The summed E-state index contributed by atoms with van der Waals surface area (Å²) < 4.78 is 46.1. The van der Waals surface area contributed by atoms with Crippen LogP contribution in [0.4, 0.5) is 24.8 Å². The molecule has 5 nitrogen and oxygen atoms in total. The maximum Gasteiger partial charge on any atom is 0.434 e. The molecule has 1 aliphatic heterocycles. The minimum atomic E-state index is -4.68. The highest BCUT2D eigenvalue weighted by atomic mass is 35.5. The van der Waals surface area contributed by atoms with Gasteiger partial charge in [-0.3, -0.25) is 0 Å². The fourth-order valence-electron chi connectivity index (χ4n) is 2.91. The Hall–Kier alpha value is -2.03. The van der Waals surface area contributed by atoms with E-state index in [1.165, 1.54) is 12.1 Å². The number of aromatic nitrogens is 2. The van der Waals surface area contributed by atoms with Crippen LogP contribution in [0.3, 0.4) is 0 Å². The molecular weight excluding hydrogens is 428 g/mol. The van der Waals surface area contributed by atoms with Crippen LogP contribution in [0.1, 0.15) is 24.1 Å². The van der Waals surface area contributed by atoms with Gasteiger partial charge in [0.25, 0.3) is 0 Å². The first-order chi connectivity index (χ1) is 13.7. The highest BCUT2D eigenvalue weighted by molar-refractivity contribution is 6.35. The predicted octanol–water partition coefficient (Wildman–Crippen LogP) is 5.53. The van der Waals surface area contributed by atoms with Gasteiger partial charge in [0, 0.05) is 42.2 Å². The number of hydrogen-bond donors (Lipinski definition) is 2. The molecule has 0 aliphatic carbocycles. The summed E-state index contributed by atoms with van der Waals surface area (Å²) in [6, 6.07) is 4.56. The van der Waals surface area contributed by atoms with Crippen molar-refractivity contribution in [3.8, 4) is 0 Å². The van der Waals surface area contributed by atoms with Crippen molar-refractivity contribution in [1.29, 1.82) is 0 Å². The van der Waals surface area contributed by atoms with E-state index in [0.717, 1.165) is 19.0 Å². The second-order valence-electron chi connectivity index (χ2n) is 6.62. The topological polar surface area (TPSA) is 59.1 Å². The van der Waals surface area contributed by atoms with E-state index in [2.05, 4.69) is 27.2 Å². The predicted molar refractivity (Wildman–Crippen MR) is 107 cm³/mol. The Labute approximate surface area is 176 Å². The molecule has 1 aromatic carbocycles. The molecule has 1 saturated heterocycles. The number of anilines is 2. The summed E-state index contributed by atoms with van der Waals surface area (Å²) >= 11 is 11.9. The van der Waals surface area contributed by atoms with Gasteiger partial charge in [0.05, 0.1) is 10.7 Å². The molecule has 1 aliphatic rings. The van der Waals surface area contributed by atoms with Crippen LogP contribution < -0.4 is 10.6 Å². The van der Waals surface area contributed by atoms with E-state index < -0.39 is 11.9 Å². The fraction of sp³-hybridized carbons (Fsp3) is 0.368. The zero-order valence-electron chi connectivity index (χ0n) is 15.3. The van der Waals surface area contributed by atoms with E-state index in [9.17, 15) is 13.2 Å². The SMILES string of the molecule is C=C(NCC1CCOCC1)c1cnc(Nc2cc(Cl)ccc2Cl)nc1C(F)(F)F. The average Bonchev–Trinajstić information content (AvgIpc) is 2.69. The molecule has 10 heteroatoms. The van der Waals surface area contributed by atoms with Crippen molar-refractivity contribution in [2.45, 2.75) is 19.0 Å². The molecule has 1 fully saturated rings. The number of rotatable bonds is 6. The van der Waals surface area contributed by atoms with Crippen molar-refractivity contribution in [2.75, 3.05) is 25.1 Å². The van der Waals surface area contributed by atoms with Crippen molar-refractivity contribution >= 4 is 40.5 Å². The van der Waals surface area contributed by atoms with Crippen molar-refractivity contribution in [2.24, 2.45) is 5.92 Å². The Morgan fingerprint density at radius 3 is 2.66 bits per heavy atom. The molecule has 3 rings (SSSR count). The van der Waals surface area contributed by atoms with Crippen LogP contribution in [0.25, 0.3) is 5.70 Å². The summed E-state index contributed by atoms with van der Waals surface area (Å²) in [7, 11) is 0. The van der Waals surface area contributed by atoms with E-state index in [4.69, 9.17) is 27.9 Å². The number of hydrogen-bond acceptors (Lipinski definition) is 5. The molecule has 0 bridgehead atoms. The van der Waals surface area contributed by atoms with Crippen LogP contribution in [0, 0.1) is 5.92 Å². The Kier molecular flexibility index (Phi) is 6.87. The lowest BCUT2D eigenvalue weighted by Crippen LogP contribution is -2.27. The van der Waals surface area contributed by atoms with Gasteiger partial charge in [0.2, 0.25) is 5.95 Å². The van der Waals surface area contributed by atoms with Gasteiger partial charge < -0.3 is 15.4 Å². The Morgan fingerprint density at radius 2 is 1.97 bits per heavy atom. The minimum Gasteiger partial charge on any atom is -0.385 e. The van der Waals surface area contributed by atoms with Crippen molar-refractivity contribution < 1.29 is 17.9 Å². The molecule has 2 aromatic rings. The van der Waals surface area contributed by atoms with Gasteiger partial charge in [-0.1, -0.05) is 29.8 Å². The molecule has 0 amide bonds. The lowest BCUT2D eigenvalue weighted by Gasteiger charge is -2.23. The maximum atomic E-state index is 13.6. The van der Waals surface area contributed by atoms with Gasteiger partial charge in [-0.2, -0.15) is 13.2 Å². The Bertz CT molecular complexity index is 886. The smallest absolute Gasteiger partial charge is 0.385 e. The average molecular weight is 447 g/mol. The summed E-state index contributed by atoms with van der Waals surface area (Å²) in [5.74, 6) is 0.0733. The number of nitrogens with one attached hydrogen (secondary N) is 2. The number of nitrogens with zero attached hydrogens (tertiary/aromatic N) is 2. The number of benzene rings is 1. The molecule has 1 aromatic heterocycles. The van der Waals surface area contributed by atoms with Crippen molar-refractivity contribution in [3.63, 3.8) is 0 Å². The van der Waals surface area contributed by atoms with E-state index in [1.807, 2.05) is 0 Å². The minimum absolute atomic E-state index is 0.121. The van der Waals surface area contributed by atoms with Crippen LogP contribution >= 0.6 is 23.2 Å². The molecule has 0 radical (unpaired) electrons. The highest BCUT2D eigenvalue weighted by Crippen LogP contribution is 2.34. The van der Waals surface area contributed by atoms with Gasteiger partial charge in [0.15, 0.2) is 5.69 Å². The van der Waals surface area contributed by atoms with Crippen LogP contribution in [-0.2, 0) is 10.9 Å². The van der Waals surface area contributed by atoms with Crippen LogP contribution in [0.5, 0.6) is 0 Å². The van der Waals surface area contributed by atoms with E-state index in [-0.39, 0.29) is 22.2 Å². The van der Waals surface area contributed by atoms with Gasteiger partial charge in [-0.25, -0.2) is 9.97 Å². The third kappa shape index (κ3) is 5.74. The van der Waals surface area contributed by atoms with Crippen molar-refractivity contribution in [1.82, 2.24) is 15.3 Å². The Morgan fingerprint density at radius 1 is 1.24 bits per heavy atom. The van der Waals surface area contributed by atoms with Crippen LogP contribution in [0.2, 0.25) is 10.0 Å². The molecule has 29 heavy (non-hydrogen) atoms. The van der Waals surface area contributed by atoms with Gasteiger partial charge in [0.1, 0.15) is 0 Å². The van der Waals surface area contributed by atoms with E-state index in [1.54, 1.807) is 6.07 Å². The van der Waals surface area contributed by atoms with E-state index in [0.29, 0.717) is 36.4 Å². The zero-order chi connectivity index (χ0) is 21.0. The summed E-state index contributed by atoms with van der Waals surface area (Å²) in [6.07, 6.45) is -1.88. The molecule has 0 saturated carbocycles. The molecule has 2 heterocycles. The highest BCUT2D eigenvalue weighted by Gasteiger charge is 2.37. The van der Waals surface area contributed by atoms with Gasteiger partial charge in [-0.05, 0) is 37.0 Å². The largest absolute Gasteiger partial charge is 0.434 e. The van der Waals surface area contributed by atoms with Crippen LogP contribution in [0.15, 0.2) is 31.0 Å². The summed E-state index contributed by atoms with van der Waals surface area (Å²) in [5.41, 5.74) is -0.863. The molecule has 156 valence electrons. The second kappa shape index (κ2) is 9.19. The number of halogens is 5. The summed E-state index contributed by atoms with van der Waals surface area (Å²) in [6.45, 7) is 5.56. The zero-order valence-corrected chi connectivity index (χ0v) is 16.8. The second-order valence-corrected chi connectivity index (χ2v) is 7.46. The monoisotopic (exact) mass is 446 g/mol. The third-order valence-electron chi connectivity index (χ3n) is 4.50. The van der Waals surface area contributed by atoms with Crippen LogP contribution in [-0.4, -0.2) is 29.7 Å². The Balaban J connectivity index is 1.80. The number of ether oxygens (including phenoxy) is 1. The van der Waals surface area contributed by atoms with E-state index >= 15 is 0 Å². The molecule has 0 spiro atoms. The maximum absolute atomic E-state index is 13.6. The number of alkyl halides is 3. The van der Waals surface area contributed by atoms with Crippen molar-refractivity contribution in [3.05, 3.63) is 52.3 Å². The van der Waals surface area contributed by atoms with Gasteiger partial charge in [-0.15, -0.1) is 0 Å². The fourth-order valence-corrected chi connectivity index (χ4v) is 3.24. The first-order valence-electron chi connectivity index (χ1n) is 8.91. The standard InChI is InChI=1S/C19H19Cl2F3N4O/c1-11(25-9-12-4-6-29-7-5-12)14-10-26-18(28-17(14)19(22,23)24)27-16-8-13(20)2-3-15(16)21/h2-3,8,10,12,25H,1,4-7,9H2,(H,26,27,28). The summed E-state index contributed by atoms with van der Waals surface area (Å²) in [5, 5.41) is 6.30. The quantitative estimate of drug-likeness (QED) is 0.610. The molecule has 0 atom stereocenters. The lowest BCUT2D eigenvalue weighted by atomic mass is 10.00. The normalized spacial score (nSPS) is 15.2.